The topological polar surface area (TPSA) is 111 Å². The quantitative estimate of drug-likeness (QED) is 0.634. The molecule has 0 fully saturated rings. The number of carbonyl (C=O) groups excluding carboxylic acids is 1. The number of nitrogens with one attached hydrogen (secondary N) is 1. The van der Waals surface area contributed by atoms with Crippen LogP contribution in [0.25, 0.3) is 0 Å². The monoisotopic (exact) mass is 417 g/mol. The van der Waals surface area contributed by atoms with Crippen LogP contribution in [0.4, 0.5) is 5.69 Å². The first-order valence-corrected chi connectivity index (χ1v) is 9.93. The number of benzene rings is 2. The molecule has 1 heterocycles. The number of ether oxygens (including phenoxy) is 1. The molecule has 9 heteroatoms. The molecule has 3 aromatic rings. The number of anilines is 1. The van der Waals surface area contributed by atoms with E-state index in [1.54, 1.807) is 30.3 Å². The Morgan fingerprint density at radius 3 is 2.57 bits per heavy atom. The number of hydrogen-bond acceptors (Lipinski definition) is 5. The van der Waals surface area contributed by atoms with Crippen molar-refractivity contribution in [3.63, 3.8) is 0 Å². The number of amides is 1. The molecule has 7 nitrogen and oxygen atoms in total. The van der Waals surface area contributed by atoms with Crippen LogP contribution in [0.5, 0.6) is 11.6 Å². The molecular formula is C19H16ClN3O4S. The molecule has 0 saturated heterocycles. The minimum Gasteiger partial charge on any atom is -0.439 e. The number of rotatable bonds is 6. The lowest BCUT2D eigenvalue weighted by molar-refractivity contribution is 0.1000. The highest BCUT2D eigenvalue weighted by atomic mass is 35.5. The van der Waals surface area contributed by atoms with Crippen LogP contribution in [0.2, 0.25) is 5.02 Å². The molecule has 0 saturated carbocycles. The van der Waals surface area contributed by atoms with Gasteiger partial charge in [-0.25, -0.2) is 13.4 Å². The first-order chi connectivity index (χ1) is 13.2. The molecule has 0 aliphatic carbocycles. The molecule has 1 amide bonds. The zero-order valence-corrected chi connectivity index (χ0v) is 16.3. The third-order valence-electron chi connectivity index (χ3n) is 3.71. The highest BCUT2D eigenvalue weighted by Gasteiger charge is 2.18. The lowest BCUT2D eigenvalue weighted by atomic mass is 10.2. The van der Waals surface area contributed by atoms with Crippen LogP contribution in [0.1, 0.15) is 15.9 Å². The SMILES string of the molecule is Cc1ccc(S(=O)(=O)Nc2ccc(Oc3cccc(C(N)=O)c3)nc2)c(Cl)c1. The molecule has 0 radical (unpaired) electrons. The van der Waals surface area contributed by atoms with E-state index in [0.717, 1.165) is 5.56 Å². The number of carbonyl (C=O) groups is 1. The summed E-state index contributed by atoms with van der Waals surface area (Å²) in [4.78, 5) is 15.3. The Kier molecular flexibility index (Phi) is 5.53. The molecule has 0 atom stereocenters. The van der Waals surface area contributed by atoms with E-state index in [4.69, 9.17) is 22.1 Å². The van der Waals surface area contributed by atoms with Crippen molar-refractivity contribution in [3.05, 3.63) is 76.9 Å². The normalized spacial score (nSPS) is 11.1. The minimum absolute atomic E-state index is 0.0247. The molecule has 3 N–H and O–H groups in total. The van der Waals surface area contributed by atoms with Gasteiger partial charge in [0.25, 0.3) is 10.0 Å². The van der Waals surface area contributed by atoms with Crippen molar-refractivity contribution in [3.8, 4) is 11.6 Å². The van der Waals surface area contributed by atoms with E-state index in [2.05, 4.69) is 9.71 Å². The van der Waals surface area contributed by atoms with Crippen LogP contribution in [-0.4, -0.2) is 19.3 Å². The number of sulfonamides is 1. The molecule has 0 aliphatic rings. The van der Waals surface area contributed by atoms with Crippen LogP contribution >= 0.6 is 11.6 Å². The van der Waals surface area contributed by atoms with Gasteiger partial charge in [-0.3, -0.25) is 9.52 Å². The fourth-order valence-electron chi connectivity index (χ4n) is 2.37. The molecule has 28 heavy (non-hydrogen) atoms. The second-order valence-electron chi connectivity index (χ2n) is 5.92. The summed E-state index contributed by atoms with van der Waals surface area (Å²) in [5.74, 6) is 0.0273. The summed E-state index contributed by atoms with van der Waals surface area (Å²) in [6, 6.07) is 14.0. The molecular weight excluding hydrogens is 402 g/mol. The maximum absolute atomic E-state index is 12.5. The first-order valence-electron chi connectivity index (χ1n) is 8.07. The van der Waals surface area contributed by atoms with Gasteiger partial charge in [0, 0.05) is 11.6 Å². The van der Waals surface area contributed by atoms with Gasteiger partial charge in [0.1, 0.15) is 10.6 Å². The first kappa shape index (κ1) is 19.7. The molecule has 0 spiro atoms. The Labute approximate surface area is 167 Å². The van der Waals surface area contributed by atoms with E-state index in [-0.39, 0.29) is 21.5 Å². The van der Waals surface area contributed by atoms with Crippen molar-refractivity contribution in [2.24, 2.45) is 5.73 Å². The molecule has 1 aromatic heterocycles. The van der Waals surface area contributed by atoms with E-state index in [9.17, 15) is 13.2 Å². The predicted octanol–water partition coefficient (Wildman–Crippen LogP) is 3.74. The van der Waals surface area contributed by atoms with Gasteiger partial charge in [-0.1, -0.05) is 23.7 Å². The maximum Gasteiger partial charge on any atom is 0.263 e. The van der Waals surface area contributed by atoms with Gasteiger partial charge < -0.3 is 10.5 Å². The van der Waals surface area contributed by atoms with E-state index in [0.29, 0.717) is 11.3 Å². The van der Waals surface area contributed by atoms with Gasteiger partial charge in [0.05, 0.1) is 16.9 Å². The lowest BCUT2D eigenvalue weighted by Crippen LogP contribution is -2.13. The van der Waals surface area contributed by atoms with Gasteiger partial charge >= 0.3 is 0 Å². The number of nitrogens with zero attached hydrogens (tertiary/aromatic N) is 1. The van der Waals surface area contributed by atoms with Gasteiger partial charge in [-0.2, -0.15) is 0 Å². The largest absolute Gasteiger partial charge is 0.439 e. The van der Waals surface area contributed by atoms with E-state index in [1.165, 1.54) is 30.5 Å². The molecule has 0 unspecified atom stereocenters. The summed E-state index contributed by atoms with van der Waals surface area (Å²) in [6.07, 6.45) is 1.31. The van der Waals surface area contributed by atoms with Crippen molar-refractivity contribution < 1.29 is 17.9 Å². The average molecular weight is 418 g/mol. The van der Waals surface area contributed by atoms with E-state index in [1.807, 2.05) is 6.92 Å². The van der Waals surface area contributed by atoms with Crippen molar-refractivity contribution >= 4 is 33.2 Å². The van der Waals surface area contributed by atoms with Gasteiger partial charge in [0.2, 0.25) is 11.8 Å². The summed E-state index contributed by atoms with van der Waals surface area (Å²) in [6.45, 7) is 1.82. The van der Waals surface area contributed by atoms with E-state index < -0.39 is 15.9 Å². The molecule has 144 valence electrons. The molecule has 0 aliphatic heterocycles. The summed E-state index contributed by atoms with van der Waals surface area (Å²) in [5, 5.41) is 0.134. The number of aromatic nitrogens is 1. The zero-order valence-electron chi connectivity index (χ0n) is 14.7. The predicted molar refractivity (Wildman–Crippen MR) is 106 cm³/mol. The summed E-state index contributed by atoms with van der Waals surface area (Å²) >= 11 is 6.04. The number of primary amides is 1. The van der Waals surface area contributed by atoms with E-state index >= 15 is 0 Å². The summed E-state index contributed by atoms with van der Waals surface area (Å²) in [5.41, 5.74) is 6.64. The third kappa shape index (κ3) is 4.59. The van der Waals surface area contributed by atoms with Crippen LogP contribution in [0, 0.1) is 6.92 Å². The van der Waals surface area contributed by atoms with Crippen molar-refractivity contribution in [1.29, 1.82) is 0 Å². The van der Waals surface area contributed by atoms with Crippen LogP contribution in [0.15, 0.2) is 65.7 Å². The highest BCUT2D eigenvalue weighted by molar-refractivity contribution is 7.92. The fraction of sp³-hybridized carbons (Fsp3) is 0.0526. The Hall–Kier alpha value is -3.10. The third-order valence-corrected chi connectivity index (χ3v) is 5.57. The van der Waals surface area contributed by atoms with Crippen LogP contribution in [-0.2, 0) is 10.0 Å². The molecule has 0 bridgehead atoms. The summed E-state index contributed by atoms with van der Waals surface area (Å²) < 4.78 is 33.0. The summed E-state index contributed by atoms with van der Waals surface area (Å²) in [7, 11) is -3.86. The minimum atomic E-state index is -3.86. The standard InChI is InChI=1S/C19H16ClN3O4S/c1-12-5-7-17(16(20)9-12)28(25,26)23-14-6-8-18(22-11-14)27-15-4-2-3-13(10-15)19(21)24/h2-11,23H,1H3,(H2,21,24). The smallest absolute Gasteiger partial charge is 0.263 e. The number of hydrogen-bond donors (Lipinski definition) is 2. The van der Waals surface area contributed by atoms with Gasteiger partial charge in [0.15, 0.2) is 0 Å². The van der Waals surface area contributed by atoms with Crippen LogP contribution < -0.4 is 15.2 Å². The molecule has 2 aromatic carbocycles. The average Bonchev–Trinajstić information content (AvgIpc) is 2.63. The zero-order chi connectivity index (χ0) is 20.3. The molecule has 3 rings (SSSR count). The Bertz CT molecular complexity index is 1130. The van der Waals surface area contributed by atoms with Crippen molar-refractivity contribution in [2.45, 2.75) is 11.8 Å². The number of aryl methyl sites for hydroxylation is 1. The maximum atomic E-state index is 12.5. The van der Waals surface area contributed by atoms with Gasteiger partial charge in [-0.15, -0.1) is 0 Å². The number of halogens is 1. The highest BCUT2D eigenvalue weighted by Crippen LogP contribution is 2.26. The van der Waals surface area contributed by atoms with Crippen molar-refractivity contribution in [1.82, 2.24) is 4.98 Å². The van der Waals surface area contributed by atoms with Crippen molar-refractivity contribution in [2.75, 3.05) is 4.72 Å². The van der Waals surface area contributed by atoms with Gasteiger partial charge in [-0.05, 0) is 48.9 Å². The lowest BCUT2D eigenvalue weighted by Gasteiger charge is -2.10. The van der Waals surface area contributed by atoms with Crippen LogP contribution in [0.3, 0.4) is 0 Å². The fourth-order valence-corrected chi connectivity index (χ4v) is 4.01. The Balaban J connectivity index is 1.75. The Morgan fingerprint density at radius 1 is 1.14 bits per heavy atom. The number of pyridine rings is 1. The second kappa shape index (κ2) is 7.87. The number of nitrogens with two attached hydrogens (primary N) is 1. The Morgan fingerprint density at radius 2 is 1.93 bits per heavy atom. The second-order valence-corrected chi connectivity index (χ2v) is 7.98.